The third kappa shape index (κ3) is 3.08. The predicted molar refractivity (Wildman–Crippen MR) is 67.4 cm³/mol. The lowest BCUT2D eigenvalue weighted by molar-refractivity contribution is 1.49. The molecule has 0 N–H and O–H groups in total. The first-order valence-corrected chi connectivity index (χ1v) is 6.76. The van der Waals surface area contributed by atoms with E-state index in [1.165, 1.54) is 18.5 Å². The van der Waals surface area contributed by atoms with Gasteiger partial charge in [0.15, 0.2) is 0 Å². The van der Waals surface area contributed by atoms with E-state index in [0.717, 1.165) is 0 Å². The van der Waals surface area contributed by atoms with Gasteiger partial charge in [0.1, 0.15) is 0 Å². The Morgan fingerprint density at radius 1 is 0.733 bits per heavy atom. The van der Waals surface area contributed by atoms with Crippen molar-refractivity contribution < 1.29 is 0 Å². The monoisotopic (exact) mass is 206 g/mol. The van der Waals surface area contributed by atoms with Crippen LogP contribution in [0.15, 0.2) is 48.5 Å². The Hall–Kier alpha value is -0.794. The zero-order chi connectivity index (χ0) is 10.7. The Morgan fingerprint density at radius 2 is 1.20 bits per heavy atom. The molecule has 0 bridgehead atoms. The van der Waals surface area contributed by atoms with E-state index in [9.17, 15) is 0 Å². The Bertz CT molecular complexity index is 417. The van der Waals surface area contributed by atoms with Crippen molar-refractivity contribution in [3.8, 4) is 0 Å². The van der Waals surface area contributed by atoms with E-state index < -0.39 is 0 Å². The number of rotatable bonds is 2. The average Bonchev–Trinajstić information content (AvgIpc) is 2.17. The summed E-state index contributed by atoms with van der Waals surface area (Å²) in [4.78, 5) is 0. The lowest BCUT2D eigenvalue weighted by Gasteiger charge is -2.02. The third-order valence-electron chi connectivity index (χ3n) is 2.57. The summed E-state index contributed by atoms with van der Waals surface area (Å²) in [5.41, 5.74) is 2.74. The van der Waals surface area contributed by atoms with Crippen LogP contribution >= 0.6 is 0 Å². The molecule has 0 heterocycles. The molecule has 0 fully saturated rings. The number of aryl methyl sites for hydroxylation is 2. The fourth-order valence-corrected chi connectivity index (χ4v) is 3.71. The van der Waals surface area contributed by atoms with Gasteiger partial charge in [-0.3, -0.25) is 0 Å². The summed E-state index contributed by atoms with van der Waals surface area (Å²) in [6, 6.07) is 17.8. The van der Waals surface area contributed by atoms with Crippen LogP contribution < -0.4 is 7.39 Å². The topological polar surface area (TPSA) is 0 Å². The van der Waals surface area contributed by atoms with Gasteiger partial charge in [0, 0.05) is 0 Å². The standard InChI is InChI=1S/2C7H7.Mg/c2*1-7-5-3-2-4-6-7;/h2*2-3,5-6H,1H3;. The molecule has 2 aromatic carbocycles. The van der Waals surface area contributed by atoms with E-state index in [-0.39, 0.29) is 20.4 Å². The molecule has 0 nitrogen and oxygen atoms in total. The number of hydrogen-bond donors (Lipinski definition) is 0. The number of benzene rings is 2. The van der Waals surface area contributed by atoms with Crippen LogP contribution in [0.4, 0.5) is 0 Å². The smallest absolute Gasteiger partial charge is 0.165 e. The van der Waals surface area contributed by atoms with Crippen LogP contribution in [0.25, 0.3) is 0 Å². The van der Waals surface area contributed by atoms with Crippen molar-refractivity contribution in [2.24, 2.45) is 0 Å². The summed E-state index contributed by atoms with van der Waals surface area (Å²) in [6.45, 7) is 4.32. The second kappa shape index (κ2) is 4.82. The largest absolute Gasteiger partial charge is 0.450 e. The maximum absolute atomic E-state index is 2.31. The fraction of sp³-hybridized carbons (Fsp3) is 0.143. The van der Waals surface area contributed by atoms with Crippen molar-refractivity contribution in [1.29, 1.82) is 0 Å². The van der Waals surface area contributed by atoms with Gasteiger partial charge in [0.05, 0.1) is 0 Å². The van der Waals surface area contributed by atoms with Crippen LogP contribution in [0.2, 0.25) is 0 Å². The molecule has 2 aromatic rings. The van der Waals surface area contributed by atoms with E-state index in [1.54, 1.807) is 0 Å². The molecule has 0 saturated carbocycles. The Kier molecular flexibility index (Phi) is 3.44. The molecule has 0 saturated heterocycles. The molecule has 0 aliphatic carbocycles. The first-order valence-electron chi connectivity index (χ1n) is 5.35. The van der Waals surface area contributed by atoms with Crippen molar-refractivity contribution >= 4 is 27.8 Å². The first-order chi connectivity index (χ1) is 7.24. The van der Waals surface area contributed by atoms with Crippen molar-refractivity contribution in [3.63, 3.8) is 0 Å². The molecule has 0 aliphatic heterocycles. The molecule has 0 unspecified atom stereocenters. The van der Waals surface area contributed by atoms with Gasteiger partial charge in [-0.25, -0.2) is 0 Å². The lowest BCUT2D eigenvalue weighted by Crippen LogP contribution is -2.27. The predicted octanol–water partition coefficient (Wildman–Crippen LogP) is 1.96. The normalized spacial score (nSPS) is 9.73. The van der Waals surface area contributed by atoms with Gasteiger partial charge in [-0.15, -0.1) is 0 Å². The molecule has 2 rings (SSSR count). The van der Waals surface area contributed by atoms with Crippen LogP contribution in [-0.2, 0) is 0 Å². The molecule has 0 amide bonds. The fourth-order valence-electron chi connectivity index (χ4n) is 1.88. The maximum Gasteiger partial charge on any atom is 0.450 e. The van der Waals surface area contributed by atoms with E-state index in [4.69, 9.17) is 0 Å². The van der Waals surface area contributed by atoms with Crippen molar-refractivity contribution in [3.05, 3.63) is 59.7 Å². The Balaban J connectivity index is 2.22. The minimum absolute atomic E-state index is 0.277. The molecule has 0 atom stereocenters. The summed E-state index contributed by atoms with van der Waals surface area (Å²) < 4.78 is 3.06. The van der Waals surface area contributed by atoms with Gasteiger partial charge < -0.3 is 0 Å². The van der Waals surface area contributed by atoms with Crippen molar-refractivity contribution in [1.82, 2.24) is 0 Å². The molecule has 0 spiro atoms. The molecule has 0 aromatic heterocycles. The number of hydrogen-bond acceptors (Lipinski definition) is 0. The Morgan fingerprint density at radius 3 is 1.60 bits per heavy atom. The molecular formula is C14H14Mg. The van der Waals surface area contributed by atoms with Gasteiger partial charge in [-0.1, -0.05) is 59.7 Å². The molecule has 0 radical (unpaired) electrons. The van der Waals surface area contributed by atoms with Crippen molar-refractivity contribution in [2.45, 2.75) is 13.8 Å². The zero-order valence-corrected chi connectivity index (χ0v) is 10.7. The van der Waals surface area contributed by atoms with Crippen molar-refractivity contribution in [2.75, 3.05) is 0 Å². The molecule has 72 valence electrons. The van der Waals surface area contributed by atoms with E-state index in [2.05, 4.69) is 62.4 Å². The van der Waals surface area contributed by atoms with Gasteiger partial charge in [0.25, 0.3) is 0 Å². The van der Waals surface area contributed by atoms with Crippen LogP contribution in [0.3, 0.4) is 0 Å². The molecule has 1 heteroatoms. The summed E-state index contributed by atoms with van der Waals surface area (Å²) in [6.07, 6.45) is 0. The van der Waals surface area contributed by atoms with Crippen LogP contribution in [0.1, 0.15) is 11.1 Å². The summed E-state index contributed by atoms with van der Waals surface area (Å²) in [7, 11) is 0. The minimum atomic E-state index is -0.277. The van der Waals surface area contributed by atoms with E-state index >= 15 is 0 Å². The van der Waals surface area contributed by atoms with E-state index in [0.29, 0.717) is 0 Å². The summed E-state index contributed by atoms with van der Waals surface area (Å²) >= 11 is -0.277. The maximum atomic E-state index is 2.31. The van der Waals surface area contributed by atoms with Crippen LogP contribution in [0, 0.1) is 13.8 Å². The highest BCUT2D eigenvalue weighted by atomic mass is 24.5. The van der Waals surface area contributed by atoms with Gasteiger partial charge in [-0.2, -0.15) is 7.39 Å². The zero-order valence-electron chi connectivity index (χ0n) is 9.33. The van der Waals surface area contributed by atoms with Gasteiger partial charge in [0.2, 0.25) is 0 Å². The lowest BCUT2D eigenvalue weighted by atomic mass is 10.2. The highest BCUT2D eigenvalue weighted by Crippen LogP contribution is 1.94. The third-order valence-corrected chi connectivity index (χ3v) is 4.27. The van der Waals surface area contributed by atoms with E-state index in [1.807, 2.05) is 0 Å². The highest BCUT2D eigenvalue weighted by Gasteiger charge is 2.01. The summed E-state index contributed by atoms with van der Waals surface area (Å²) in [5, 5.41) is 0. The van der Waals surface area contributed by atoms with Crippen LogP contribution in [0.5, 0.6) is 0 Å². The summed E-state index contributed by atoms with van der Waals surface area (Å²) in [5.74, 6) is 0. The first kappa shape index (κ1) is 10.7. The SMILES string of the molecule is Cc1ccc[c]([Mg][c]2cccc(C)c2)c1. The molecular weight excluding hydrogens is 192 g/mol. The molecule has 0 aliphatic rings. The van der Waals surface area contributed by atoms with Gasteiger partial charge in [-0.05, 0) is 13.8 Å². The van der Waals surface area contributed by atoms with Gasteiger partial charge >= 0.3 is 20.4 Å². The highest BCUT2D eigenvalue weighted by molar-refractivity contribution is 6.67. The minimum Gasteiger partial charge on any atom is -0.165 e. The average molecular weight is 207 g/mol. The second-order valence-electron chi connectivity index (χ2n) is 4.15. The Labute approximate surface area is 101 Å². The second-order valence-corrected chi connectivity index (χ2v) is 6.14. The molecule has 15 heavy (non-hydrogen) atoms. The quantitative estimate of drug-likeness (QED) is 0.659. The van der Waals surface area contributed by atoms with Crippen LogP contribution in [-0.4, -0.2) is 20.4 Å².